The van der Waals surface area contributed by atoms with Crippen molar-refractivity contribution in [2.45, 2.75) is 19.4 Å². The molecule has 1 aliphatic rings. The second-order valence-corrected chi connectivity index (χ2v) is 4.93. The zero-order valence-electron chi connectivity index (χ0n) is 10.3. The Morgan fingerprint density at radius 1 is 1.61 bits per heavy atom. The number of hydrogen-bond donors (Lipinski definition) is 2. The highest BCUT2D eigenvalue weighted by Gasteiger charge is 2.33. The minimum atomic E-state index is -0.287. The topological polar surface area (TPSA) is 76.1 Å². The van der Waals surface area contributed by atoms with Gasteiger partial charge < -0.3 is 10.1 Å². The molecule has 2 heterocycles. The van der Waals surface area contributed by atoms with Crippen molar-refractivity contribution in [3.05, 3.63) is 16.9 Å². The molecule has 1 aliphatic heterocycles. The Morgan fingerprint density at radius 2 is 2.33 bits per heavy atom. The normalized spacial score (nSPS) is 17.1. The van der Waals surface area contributed by atoms with Gasteiger partial charge in [-0.3, -0.25) is 10.1 Å². The number of nitrogens with one attached hydrogen (secondary N) is 2. The Morgan fingerprint density at radius 3 is 2.89 bits per heavy atom. The van der Waals surface area contributed by atoms with E-state index in [1.807, 2.05) is 6.92 Å². The number of aromatic nitrogens is 2. The van der Waals surface area contributed by atoms with Gasteiger partial charge in [-0.1, -0.05) is 11.6 Å². The average molecular weight is 271 g/mol. The SMILES string of the molecule is Cc1cc(Cl)nc(NC(=O)COC2(C)CNC2)n1. The fourth-order valence-corrected chi connectivity index (χ4v) is 1.80. The highest BCUT2D eigenvalue weighted by Crippen LogP contribution is 2.15. The summed E-state index contributed by atoms with van der Waals surface area (Å²) in [6.45, 7) is 5.23. The molecule has 0 bridgehead atoms. The van der Waals surface area contributed by atoms with Crippen molar-refractivity contribution >= 4 is 23.5 Å². The molecule has 0 spiro atoms. The first-order valence-electron chi connectivity index (χ1n) is 5.63. The van der Waals surface area contributed by atoms with E-state index in [-0.39, 0.29) is 24.1 Å². The molecular formula is C11H15ClN4O2. The fraction of sp³-hybridized carbons (Fsp3) is 0.545. The number of aryl methyl sites for hydroxylation is 1. The molecule has 0 atom stereocenters. The van der Waals surface area contributed by atoms with E-state index in [2.05, 4.69) is 20.6 Å². The Bertz CT molecular complexity index is 442. The van der Waals surface area contributed by atoms with Crippen molar-refractivity contribution in [2.24, 2.45) is 0 Å². The predicted octanol–water partition coefficient (Wildman–Crippen LogP) is 0.755. The van der Waals surface area contributed by atoms with Gasteiger partial charge >= 0.3 is 0 Å². The van der Waals surface area contributed by atoms with E-state index in [0.29, 0.717) is 10.8 Å². The molecule has 0 radical (unpaired) electrons. The Kier molecular flexibility index (Phi) is 3.79. The van der Waals surface area contributed by atoms with E-state index >= 15 is 0 Å². The number of halogens is 1. The molecule has 1 amide bonds. The van der Waals surface area contributed by atoms with Gasteiger partial charge in [-0.25, -0.2) is 9.97 Å². The summed E-state index contributed by atoms with van der Waals surface area (Å²) in [5.41, 5.74) is 0.448. The van der Waals surface area contributed by atoms with Crippen molar-refractivity contribution in [3.8, 4) is 0 Å². The van der Waals surface area contributed by atoms with Gasteiger partial charge in [-0.2, -0.15) is 0 Å². The molecular weight excluding hydrogens is 256 g/mol. The zero-order valence-corrected chi connectivity index (χ0v) is 11.0. The highest BCUT2D eigenvalue weighted by atomic mass is 35.5. The summed E-state index contributed by atoms with van der Waals surface area (Å²) in [5.74, 6) is -0.0877. The summed E-state index contributed by atoms with van der Waals surface area (Å²) in [6.07, 6.45) is 0. The lowest BCUT2D eigenvalue weighted by Gasteiger charge is -2.38. The lowest BCUT2D eigenvalue weighted by molar-refractivity contribution is -0.130. The second-order valence-electron chi connectivity index (χ2n) is 4.55. The first-order chi connectivity index (χ1) is 8.47. The number of nitrogens with zero attached hydrogens (tertiary/aromatic N) is 2. The van der Waals surface area contributed by atoms with Gasteiger partial charge in [0.2, 0.25) is 5.95 Å². The minimum absolute atomic E-state index is 0.0207. The number of carbonyl (C=O) groups is 1. The monoisotopic (exact) mass is 270 g/mol. The molecule has 1 fully saturated rings. The quantitative estimate of drug-likeness (QED) is 0.790. The van der Waals surface area contributed by atoms with Crippen LogP contribution in [0.3, 0.4) is 0 Å². The van der Waals surface area contributed by atoms with E-state index in [1.165, 1.54) is 0 Å². The van der Waals surface area contributed by atoms with Gasteiger partial charge in [0.15, 0.2) is 0 Å². The first-order valence-corrected chi connectivity index (χ1v) is 6.00. The number of hydrogen-bond acceptors (Lipinski definition) is 5. The lowest BCUT2D eigenvalue weighted by Crippen LogP contribution is -2.59. The van der Waals surface area contributed by atoms with E-state index in [9.17, 15) is 4.79 Å². The Balaban J connectivity index is 1.86. The summed E-state index contributed by atoms with van der Waals surface area (Å²) < 4.78 is 5.50. The van der Waals surface area contributed by atoms with Gasteiger partial charge in [0, 0.05) is 18.8 Å². The summed E-state index contributed by atoms with van der Waals surface area (Å²) in [7, 11) is 0. The van der Waals surface area contributed by atoms with Gasteiger partial charge in [0.1, 0.15) is 11.8 Å². The van der Waals surface area contributed by atoms with Crippen LogP contribution in [0, 0.1) is 6.92 Å². The Hall–Kier alpha value is -1.24. The van der Waals surface area contributed by atoms with Crippen molar-refractivity contribution in [2.75, 3.05) is 25.0 Å². The number of ether oxygens (including phenoxy) is 1. The van der Waals surface area contributed by atoms with Crippen molar-refractivity contribution in [3.63, 3.8) is 0 Å². The third kappa shape index (κ3) is 3.38. The molecule has 0 unspecified atom stereocenters. The molecule has 1 aromatic rings. The standard InChI is InChI=1S/C11H15ClN4O2/c1-7-3-8(12)15-10(14-7)16-9(17)4-18-11(2)5-13-6-11/h3,13H,4-6H2,1-2H3,(H,14,15,16,17). The molecule has 6 nitrogen and oxygen atoms in total. The maximum absolute atomic E-state index is 11.6. The predicted molar refractivity (Wildman–Crippen MR) is 67.6 cm³/mol. The van der Waals surface area contributed by atoms with Crippen LogP contribution in [0.2, 0.25) is 5.15 Å². The van der Waals surface area contributed by atoms with E-state index in [4.69, 9.17) is 16.3 Å². The largest absolute Gasteiger partial charge is 0.363 e. The third-order valence-electron chi connectivity index (χ3n) is 2.62. The maximum atomic E-state index is 11.6. The van der Waals surface area contributed by atoms with Crippen molar-refractivity contribution in [1.29, 1.82) is 0 Å². The van der Waals surface area contributed by atoms with Gasteiger partial charge in [-0.15, -0.1) is 0 Å². The third-order valence-corrected chi connectivity index (χ3v) is 2.82. The van der Waals surface area contributed by atoms with Crippen LogP contribution in [-0.4, -0.2) is 41.2 Å². The molecule has 1 aromatic heterocycles. The van der Waals surface area contributed by atoms with E-state index in [0.717, 1.165) is 13.1 Å². The van der Waals surface area contributed by atoms with Crippen LogP contribution in [-0.2, 0) is 9.53 Å². The first kappa shape index (κ1) is 13.2. The Labute approximate surface area is 110 Å². The maximum Gasteiger partial charge on any atom is 0.252 e. The summed E-state index contributed by atoms with van der Waals surface area (Å²) in [5, 5.41) is 5.94. The molecule has 2 rings (SSSR count). The molecule has 0 aromatic carbocycles. The molecule has 98 valence electrons. The average Bonchev–Trinajstić information content (AvgIpc) is 2.22. The number of anilines is 1. The van der Waals surface area contributed by atoms with Gasteiger partial charge in [0.25, 0.3) is 5.91 Å². The van der Waals surface area contributed by atoms with E-state index < -0.39 is 0 Å². The molecule has 18 heavy (non-hydrogen) atoms. The van der Waals surface area contributed by atoms with Crippen LogP contribution < -0.4 is 10.6 Å². The molecule has 0 saturated carbocycles. The van der Waals surface area contributed by atoms with Crippen LogP contribution in [0.15, 0.2) is 6.07 Å². The van der Waals surface area contributed by atoms with Crippen LogP contribution in [0.1, 0.15) is 12.6 Å². The summed E-state index contributed by atoms with van der Waals surface area (Å²) in [6, 6.07) is 1.62. The molecule has 7 heteroatoms. The number of amides is 1. The van der Waals surface area contributed by atoms with E-state index in [1.54, 1.807) is 13.0 Å². The highest BCUT2D eigenvalue weighted by molar-refractivity contribution is 6.29. The van der Waals surface area contributed by atoms with Crippen molar-refractivity contribution in [1.82, 2.24) is 15.3 Å². The molecule has 1 saturated heterocycles. The number of carbonyl (C=O) groups excluding carboxylic acids is 1. The minimum Gasteiger partial charge on any atom is -0.363 e. The molecule has 0 aliphatic carbocycles. The second kappa shape index (κ2) is 5.17. The van der Waals surface area contributed by atoms with Crippen LogP contribution in [0.25, 0.3) is 0 Å². The smallest absolute Gasteiger partial charge is 0.252 e. The zero-order chi connectivity index (χ0) is 13.2. The van der Waals surface area contributed by atoms with Crippen molar-refractivity contribution < 1.29 is 9.53 Å². The summed E-state index contributed by atoms with van der Waals surface area (Å²) in [4.78, 5) is 19.6. The number of rotatable bonds is 4. The van der Waals surface area contributed by atoms with Gasteiger partial charge in [-0.05, 0) is 19.9 Å². The van der Waals surface area contributed by atoms with Crippen LogP contribution in [0.4, 0.5) is 5.95 Å². The van der Waals surface area contributed by atoms with Gasteiger partial charge in [0.05, 0.1) is 5.60 Å². The fourth-order valence-electron chi connectivity index (χ4n) is 1.57. The van der Waals surface area contributed by atoms with Crippen LogP contribution >= 0.6 is 11.6 Å². The summed E-state index contributed by atoms with van der Waals surface area (Å²) >= 11 is 5.77. The lowest BCUT2D eigenvalue weighted by atomic mass is 10.0. The van der Waals surface area contributed by atoms with Crippen LogP contribution in [0.5, 0.6) is 0 Å². The molecule has 2 N–H and O–H groups in total.